The van der Waals surface area contributed by atoms with Crippen molar-refractivity contribution in [2.75, 3.05) is 0 Å². The molecule has 6 heteroatoms. The first-order valence-electron chi connectivity index (χ1n) is 5.41. The van der Waals surface area contributed by atoms with Gasteiger partial charge in [-0.3, -0.25) is 4.68 Å². The van der Waals surface area contributed by atoms with Crippen LogP contribution < -0.4 is 5.73 Å². The van der Waals surface area contributed by atoms with E-state index in [-0.39, 0.29) is 11.8 Å². The molecule has 0 aliphatic rings. The highest BCUT2D eigenvalue weighted by atomic mass is 35.5. The first-order valence-corrected chi connectivity index (χ1v) is 5.79. The number of nitrogens with two attached hydrogens (primary N) is 1. The van der Waals surface area contributed by atoms with Gasteiger partial charge in [-0.1, -0.05) is 47.1 Å². The van der Waals surface area contributed by atoms with Gasteiger partial charge in [-0.15, -0.1) is 0 Å². The summed E-state index contributed by atoms with van der Waals surface area (Å²) in [6.45, 7) is 0.465. The molecule has 0 radical (unpaired) electrons. The predicted octanol–water partition coefficient (Wildman–Crippen LogP) is 2.07. The molecule has 0 aliphatic heterocycles. The van der Waals surface area contributed by atoms with Crippen LogP contribution >= 0.6 is 11.6 Å². The molecule has 5 nitrogen and oxygen atoms in total. The summed E-state index contributed by atoms with van der Waals surface area (Å²) in [6, 6.07) is 9.57. The average Bonchev–Trinajstić information content (AvgIpc) is 2.82. The molecule has 0 saturated carbocycles. The van der Waals surface area contributed by atoms with Gasteiger partial charge in [0.1, 0.15) is 5.84 Å². The van der Waals surface area contributed by atoms with Crippen LogP contribution in [0.1, 0.15) is 11.5 Å². The molecular formula is C12H13ClN4O. The quantitative estimate of drug-likeness (QED) is 0.384. The molecule has 0 amide bonds. The Morgan fingerprint density at radius 3 is 2.72 bits per heavy atom. The van der Waals surface area contributed by atoms with Crippen molar-refractivity contribution in [3.63, 3.8) is 0 Å². The summed E-state index contributed by atoms with van der Waals surface area (Å²) < 4.78 is 1.66. The monoisotopic (exact) mass is 264 g/mol. The zero-order valence-electron chi connectivity index (χ0n) is 9.57. The third-order valence-electron chi connectivity index (χ3n) is 2.65. The Labute approximate surface area is 109 Å². The number of hydrogen-bond donors (Lipinski definition) is 2. The van der Waals surface area contributed by atoms with Crippen molar-refractivity contribution in [3.05, 3.63) is 53.3 Å². The maximum Gasteiger partial charge on any atom is 0.148 e. The number of hydrogen-bond acceptors (Lipinski definition) is 3. The normalized spacial score (nSPS) is 13.5. The van der Waals surface area contributed by atoms with Crippen LogP contribution in [0.3, 0.4) is 0 Å². The second kappa shape index (κ2) is 5.55. The average molecular weight is 265 g/mol. The zero-order valence-corrected chi connectivity index (χ0v) is 10.3. The number of nitrogens with zero attached hydrogens (tertiary/aromatic N) is 3. The standard InChI is InChI=1S/C12H13ClN4O/c13-10-6-15-17(7-10)8-11(12(14)16-18)9-4-2-1-3-5-9/h1-7,11,18H,8H2,(H2,14,16). The Morgan fingerprint density at radius 2 is 2.17 bits per heavy atom. The van der Waals surface area contributed by atoms with Gasteiger partial charge in [0.05, 0.1) is 23.7 Å². The van der Waals surface area contributed by atoms with E-state index in [1.165, 1.54) is 0 Å². The van der Waals surface area contributed by atoms with E-state index < -0.39 is 0 Å². The molecule has 1 atom stereocenters. The first-order chi connectivity index (χ1) is 8.70. The van der Waals surface area contributed by atoms with E-state index in [1.54, 1.807) is 17.1 Å². The number of aromatic nitrogens is 2. The SMILES string of the molecule is NC(=NO)C(Cn1cc(Cl)cn1)c1ccccc1. The first kappa shape index (κ1) is 12.4. The second-order valence-electron chi connectivity index (χ2n) is 3.87. The molecule has 0 fully saturated rings. The van der Waals surface area contributed by atoms with Crippen molar-refractivity contribution in [3.8, 4) is 0 Å². The third-order valence-corrected chi connectivity index (χ3v) is 2.84. The zero-order chi connectivity index (χ0) is 13.0. The minimum Gasteiger partial charge on any atom is -0.409 e. The molecule has 94 valence electrons. The summed E-state index contributed by atoms with van der Waals surface area (Å²) in [4.78, 5) is 0. The Hall–Kier alpha value is -2.01. The van der Waals surface area contributed by atoms with Crippen LogP contribution in [-0.2, 0) is 6.54 Å². The summed E-state index contributed by atoms with van der Waals surface area (Å²) in [5.74, 6) is -0.0972. The number of rotatable bonds is 4. The van der Waals surface area contributed by atoms with Crippen LogP contribution in [0.5, 0.6) is 0 Å². The van der Waals surface area contributed by atoms with Crippen LogP contribution in [-0.4, -0.2) is 20.8 Å². The molecule has 1 aromatic carbocycles. The number of oxime groups is 1. The molecule has 0 aliphatic carbocycles. The molecule has 0 spiro atoms. The number of benzene rings is 1. The van der Waals surface area contributed by atoms with Crippen molar-refractivity contribution >= 4 is 17.4 Å². The predicted molar refractivity (Wildman–Crippen MR) is 69.8 cm³/mol. The van der Waals surface area contributed by atoms with Gasteiger partial charge in [-0.2, -0.15) is 5.10 Å². The van der Waals surface area contributed by atoms with Crippen LogP contribution in [0.15, 0.2) is 47.9 Å². The van der Waals surface area contributed by atoms with E-state index in [1.807, 2.05) is 30.3 Å². The fraction of sp³-hybridized carbons (Fsp3) is 0.167. The van der Waals surface area contributed by atoms with Crippen LogP contribution in [0, 0.1) is 0 Å². The Morgan fingerprint density at radius 1 is 1.44 bits per heavy atom. The molecule has 2 rings (SSSR count). The smallest absolute Gasteiger partial charge is 0.148 e. The van der Waals surface area contributed by atoms with E-state index in [4.69, 9.17) is 22.5 Å². The third kappa shape index (κ3) is 2.81. The van der Waals surface area contributed by atoms with Gasteiger partial charge in [0.2, 0.25) is 0 Å². The minimum atomic E-state index is -0.243. The van der Waals surface area contributed by atoms with Gasteiger partial charge in [0.25, 0.3) is 0 Å². The molecule has 0 bridgehead atoms. The molecule has 0 saturated heterocycles. The van der Waals surface area contributed by atoms with Crippen molar-refractivity contribution in [2.24, 2.45) is 10.9 Å². The summed E-state index contributed by atoms with van der Waals surface area (Å²) >= 11 is 5.81. The maximum absolute atomic E-state index is 8.86. The minimum absolute atomic E-state index is 0.146. The van der Waals surface area contributed by atoms with Crippen molar-refractivity contribution in [1.29, 1.82) is 0 Å². The largest absolute Gasteiger partial charge is 0.409 e. The number of halogens is 1. The van der Waals surface area contributed by atoms with Crippen molar-refractivity contribution < 1.29 is 5.21 Å². The maximum atomic E-state index is 8.86. The summed E-state index contributed by atoms with van der Waals surface area (Å²) in [6.07, 6.45) is 3.25. The van der Waals surface area contributed by atoms with E-state index in [0.29, 0.717) is 11.6 Å². The van der Waals surface area contributed by atoms with E-state index in [0.717, 1.165) is 5.56 Å². The molecule has 18 heavy (non-hydrogen) atoms. The van der Waals surface area contributed by atoms with Gasteiger partial charge in [0.15, 0.2) is 0 Å². The lowest BCUT2D eigenvalue weighted by Crippen LogP contribution is -2.26. The molecule has 3 N–H and O–H groups in total. The van der Waals surface area contributed by atoms with Crippen molar-refractivity contribution in [2.45, 2.75) is 12.5 Å². The van der Waals surface area contributed by atoms with Gasteiger partial charge < -0.3 is 10.9 Å². The van der Waals surface area contributed by atoms with Gasteiger partial charge >= 0.3 is 0 Å². The summed E-state index contributed by atoms with van der Waals surface area (Å²) in [5.41, 5.74) is 6.69. The van der Waals surface area contributed by atoms with E-state index in [2.05, 4.69) is 10.3 Å². The Balaban J connectivity index is 2.27. The molecule has 1 heterocycles. The molecule has 1 aromatic heterocycles. The fourth-order valence-corrected chi connectivity index (χ4v) is 1.91. The highest BCUT2D eigenvalue weighted by Gasteiger charge is 2.17. The van der Waals surface area contributed by atoms with Crippen LogP contribution in [0.2, 0.25) is 5.02 Å². The van der Waals surface area contributed by atoms with Gasteiger partial charge in [-0.25, -0.2) is 0 Å². The highest BCUT2D eigenvalue weighted by molar-refractivity contribution is 6.30. The van der Waals surface area contributed by atoms with Crippen LogP contribution in [0.25, 0.3) is 0 Å². The Bertz CT molecular complexity index is 538. The van der Waals surface area contributed by atoms with E-state index in [9.17, 15) is 0 Å². The summed E-state index contributed by atoms with van der Waals surface area (Å²) in [7, 11) is 0. The molecule has 1 unspecified atom stereocenters. The lowest BCUT2D eigenvalue weighted by atomic mass is 9.98. The molecule has 2 aromatic rings. The fourth-order valence-electron chi connectivity index (χ4n) is 1.75. The summed E-state index contributed by atoms with van der Waals surface area (Å²) in [5, 5.41) is 16.6. The second-order valence-corrected chi connectivity index (χ2v) is 4.31. The highest BCUT2D eigenvalue weighted by Crippen LogP contribution is 2.18. The lowest BCUT2D eigenvalue weighted by Gasteiger charge is -2.15. The van der Waals surface area contributed by atoms with E-state index >= 15 is 0 Å². The molecular weight excluding hydrogens is 252 g/mol. The van der Waals surface area contributed by atoms with Crippen LogP contribution in [0.4, 0.5) is 0 Å². The van der Waals surface area contributed by atoms with Gasteiger partial charge in [-0.05, 0) is 5.56 Å². The van der Waals surface area contributed by atoms with Gasteiger partial charge in [0, 0.05) is 6.20 Å². The van der Waals surface area contributed by atoms with Crippen molar-refractivity contribution in [1.82, 2.24) is 9.78 Å². The number of amidine groups is 1. The topological polar surface area (TPSA) is 76.4 Å². The Kier molecular flexibility index (Phi) is 3.84. The lowest BCUT2D eigenvalue weighted by molar-refractivity contribution is 0.315.